The average Bonchev–Trinajstić information content (AvgIpc) is 3.06. The van der Waals surface area contributed by atoms with Crippen LogP contribution in [0.15, 0.2) is 6.20 Å². The second-order valence-electron chi connectivity index (χ2n) is 5.58. The molecule has 2 fully saturated rings. The lowest BCUT2D eigenvalue weighted by molar-refractivity contribution is -0.0538. The summed E-state index contributed by atoms with van der Waals surface area (Å²) in [6.07, 6.45) is 5.80. The molecule has 0 saturated carbocycles. The van der Waals surface area contributed by atoms with Crippen LogP contribution in [0.2, 0.25) is 0 Å². The zero-order valence-corrected chi connectivity index (χ0v) is 11.7. The third-order valence-corrected chi connectivity index (χ3v) is 4.08. The third-order valence-electron chi connectivity index (χ3n) is 4.08. The molecule has 106 valence electrons. The van der Waals surface area contributed by atoms with Gasteiger partial charge in [-0.3, -0.25) is 4.90 Å². The predicted octanol–water partition coefficient (Wildman–Crippen LogP) is 1.44. The zero-order valence-electron chi connectivity index (χ0n) is 11.7. The Morgan fingerprint density at radius 3 is 3.42 bits per heavy atom. The first kappa shape index (κ1) is 13.1. The smallest absolute Gasteiger partial charge is 0.136 e. The molecule has 19 heavy (non-hydrogen) atoms. The van der Waals surface area contributed by atoms with Gasteiger partial charge in [0.1, 0.15) is 11.9 Å². The number of hydrogen-bond acceptors (Lipinski definition) is 4. The summed E-state index contributed by atoms with van der Waals surface area (Å²) in [5.74, 6) is 0.985. The number of nitrogens with zero attached hydrogens (tertiary/aromatic N) is 2. The third kappa shape index (κ3) is 2.99. The largest absolute Gasteiger partial charge is 0.367 e. The van der Waals surface area contributed by atoms with Crippen LogP contribution in [0.5, 0.6) is 0 Å². The van der Waals surface area contributed by atoms with E-state index in [1.807, 2.05) is 6.20 Å². The van der Waals surface area contributed by atoms with Crippen molar-refractivity contribution >= 4 is 0 Å². The van der Waals surface area contributed by atoms with Gasteiger partial charge in [0.2, 0.25) is 0 Å². The molecule has 0 amide bonds. The predicted molar refractivity (Wildman–Crippen MR) is 73.9 cm³/mol. The summed E-state index contributed by atoms with van der Waals surface area (Å²) in [5.41, 5.74) is 1.15. The Kier molecular flexibility index (Phi) is 4.15. The van der Waals surface area contributed by atoms with Gasteiger partial charge >= 0.3 is 0 Å². The van der Waals surface area contributed by atoms with Crippen molar-refractivity contribution in [2.45, 2.75) is 44.9 Å². The first-order valence-electron chi connectivity index (χ1n) is 7.47. The van der Waals surface area contributed by atoms with Gasteiger partial charge in [-0.2, -0.15) is 0 Å². The first-order chi connectivity index (χ1) is 9.36. The first-order valence-corrected chi connectivity index (χ1v) is 7.47. The van der Waals surface area contributed by atoms with Crippen LogP contribution in [-0.4, -0.2) is 47.2 Å². The zero-order chi connectivity index (χ0) is 13.1. The standard InChI is InChI=1S/C14H24N4O/c1-2-5-15-7-11-8-16-14(17-11)13-9-18-6-3-4-12(18)10-19-13/h8,12-13,15H,2-7,9-10H2,1H3,(H,16,17). The van der Waals surface area contributed by atoms with Gasteiger partial charge in [0.25, 0.3) is 0 Å². The van der Waals surface area contributed by atoms with Crippen molar-refractivity contribution in [3.05, 3.63) is 17.7 Å². The molecule has 2 saturated heterocycles. The molecule has 2 aliphatic heterocycles. The summed E-state index contributed by atoms with van der Waals surface area (Å²) in [4.78, 5) is 10.4. The fourth-order valence-corrected chi connectivity index (χ4v) is 3.01. The molecule has 2 N–H and O–H groups in total. The summed E-state index contributed by atoms with van der Waals surface area (Å²) in [5, 5.41) is 3.38. The van der Waals surface area contributed by atoms with E-state index in [1.165, 1.54) is 19.4 Å². The molecule has 2 aliphatic rings. The molecule has 0 aliphatic carbocycles. The number of morpholine rings is 1. The van der Waals surface area contributed by atoms with Gasteiger partial charge in [-0.15, -0.1) is 0 Å². The number of nitrogens with one attached hydrogen (secondary N) is 2. The van der Waals surface area contributed by atoms with E-state index in [0.29, 0.717) is 6.04 Å². The highest BCUT2D eigenvalue weighted by molar-refractivity contribution is 5.05. The van der Waals surface area contributed by atoms with Crippen LogP contribution in [0.25, 0.3) is 0 Å². The summed E-state index contributed by atoms with van der Waals surface area (Å²) in [7, 11) is 0. The molecule has 1 aromatic rings. The Morgan fingerprint density at radius 2 is 2.53 bits per heavy atom. The van der Waals surface area contributed by atoms with Crippen molar-refractivity contribution in [3.8, 4) is 0 Å². The molecular formula is C14H24N4O. The lowest BCUT2D eigenvalue weighted by atomic mass is 10.2. The van der Waals surface area contributed by atoms with Gasteiger partial charge in [0, 0.05) is 31.0 Å². The molecule has 0 aromatic carbocycles. The quantitative estimate of drug-likeness (QED) is 0.790. The second kappa shape index (κ2) is 6.03. The van der Waals surface area contributed by atoms with Crippen molar-refractivity contribution in [1.82, 2.24) is 20.2 Å². The average molecular weight is 264 g/mol. The van der Waals surface area contributed by atoms with Crippen LogP contribution < -0.4 is 5.32 Å². The summed E-state index contributed by atoms with van der Waals surface area (Å²) in [6.45, 7) is 7.14. The molecule has 2 atom stereocenters. The topological polar surface area (TPSA) is 53.2 Å². The number of fused-ring (bicyclic) bond motifs is 1. The molecule has 0 spiro atoms. The van der Waals surface area contributed by atoms with Crippen LogP contribution >= 0.6 is 0 Å². The SMILES string of the molecule is CCCNCc1cnc(C2CN3CCCC3CO2)[nH]1. The molecule has 0 radical (unpaired) electrons. The number of hydrogen-bond donors (Lipinski definition) is 2. The highest BCUT2D eigenvalue weighted by Gasteiger charge is 2.33. The number of imidazole rings is 1. The van der Waals surface area contributed by atoms with E-state index in [-0.39, 0.29) is 6.10 Å². The van der Waals surface area contributed by atoms with E-state index >= 15 is 0 Å². The fourth-order valence-electron chi connectivity index (χ4n) is 3.01. The monoisotopic (exact) mass is 264 g/mol. The molecule has 5 heteroatoms. The second-order valence-corrected chi connectivity index (χ2v) is 5.58. The van der Waals surface area contributed by atoms with Gasteiger partial charge < -0.3 is 15.0 Å². The molecular weight excluding hydrogens is 240 g/mol. The lowest BCUT2D eigenvalue weighted by Gasteiger charge is -2.34. The summed E-state index contributed by atoms with van der Waals surface area (Å²) >= 11 is 0. The number of aromatic nitrogens is 2. The molecule has 0 bridgehead atoms. The Balaban J connectivity index is 1.56. The van der Waals surface area contributed by atoms with Crippen LogP contribution in [-0.2, 0) is 11.3 Å². The molecule has 1 aromatic heterocycles. The Morgan fingerprint density at radius 1 is 1.58 bits per heavy atom. The number of H-pyrrole nitrogens is 1. The van der Waals surface area contributed by atoms with E-state index in [4.69, 9.17) is 4.74 Å². The van der Waals surface area contributed by atoms with Crippen molar-refractivity contribution in [1.29, 1.82) is 0 Å². The molecule has 2 unspecified atom stereocenters. The van der Waals surface area contributed by atoms with Crippen LogP contribution in [0.4, 0.5) is 0 Å². The van der Waals surface area contributed by atoms with E-state index < -0.39 is 0 Å². The van der Waals surface area contributed by atoms with Gasteiger partial charge in [-0.1, -0.05) is 6.92 Å². The Hall–Kier alpha value is -0.910. The Bertz CT molecular complexity index is 406. The van der Waals surface area contributed by atoms with Gasteiger partial charge in [0.05, 0.1) is 6.61 Å². The van der Waals surface area contributed by atoms with Crippen molar-refractivity contribution in [3.63, 3.8) is 0 Å². The van der Waals surface area contributed by atoms with Crippen LogP contribution in [0.1, 0.15) is 43.8 Å². The lowest BCUT2D eigenvalue weighted by Crippen LogP contribution is -2.42. The highest BCUT2D eigenvalue weighted by atomic mass is 16.5. The molecule has 3 rings (SSSR count). The van der Waals surface area contributed by atoms with Crippen molar-refractivity contribution in [2.75, 3.05) is 26.2 Å². The normalized spacial score (nSPS) is 27.6. The van der Waals surface area contributed by atoms with Gasteiger partial charge in [-0.05, 0) is 32.4 Å². The van der Waals surface area contributed by atoms with E-state index in [2.05, 4.69) is 27.1 Å². The maximum atomic E-state index is 5.96. The number of aromatic amines is 1. The van der Waals surface area contributed by atoms with Crippen LogP contribution in [0, 0.1) is 0 Å². The molecule has 5 nitrogen and oxygen atoms in total. The maximum Gasteiger partial charge on any atom is 0.136 e. The minimum absolute atomic E-state index is 0.120. The number of ether oxygens (including phenoxy) is 1. The van der Waals surface area contributed by atoms with Crippen molar-refractivity contribution in [2.24, 2.45) is 0 Å². The van der Waals surface area contributed by atoms with E-state index in [9.17, 15) is 0 Å². The molecule has 3 heterocycles. The van der Waals surface area contributed by atoms with Crippen LogP contribution in [0.3, 0.4) is 0 Å². The minimum atomic E-state index is 0.120. The minimum Gasteiger partial charge on any atom is -0.367 e. The van der Waals surface area contributed by atoms with Gasteiger partial charge in [0.15, 0.2) is 0 Å². The summed E-state index contributed by atoms with van der Waals surface area (Å²) in [6, 6.07) is 0.650. The highest BCUT2D eigenvalue weighted by Crippen LogP contribution is 2.28. The van der Waals surface area contributed by atoms with Gasteiger partial charge in [-0.25, -0.2) is 4.98 Å². The maximum absolute atomic E-state index is 5.96. The van der Waals surface area contributed by atoms with E-state index in [1.54, 1.807) is 0 Å². The Labute approximate surface area is 114 Å². The number of rotatable bonds is 5. The fraction of sp³-hybridized carbons (Fsp3) is 0.786. The van der Waals surface area contributed by atoms with E-state index in [0.717, 1.165) is 44.2 Å². The summed E-state index contributed by atoms with van der Waals surface area (Å²) < 4.78 is 5.96. The van der Waals surface area contributed by atoms with Crippen molar-refractivity contribution < 1.29 is 4.74 Å².